The molecule has 118 valence electrons. The fourth-order valence-electron chi connectivity index (χ4n) is 2.62. The molecule has 1 aliphatic heterocycles. The van der Waals surface area contributed by atoms with Crippen LogP contribution in [-0.4, -0.2) is 45.5 Å². The average molecular weight is 377 g/mol. The Bertz CT molecular complexity index is 592. The lowest BCUT2D eigenvalue weighted by atomic mass is 10.2. The Morgan fingerprint density at radius 1 is 1.48 bits per heavy atom. The number of halogens is 1. The van der Waals surface area contributed by atoms with Crippen molar-refractivity contribution in [1.29, 1.82) is 0 Å². The van der Waals surface area contributed by atoms with Gasteiger partial charge in [-0.25, -0.2) is 8.42 Å². The minimum Gasteiger partial charge on any atom is -0.493 e. The van der Waals surface area contributed by atoms with Crippen molar-refractivity contribution in [2.24, 2.45) is 0 Å². The van der Waals surface area contributed by atoms with Gasteiger partial charge in [-0.05, 0) is 60.9 Å². The number of hydrogen-bond donors (Lipinski definition) is 1. The van der Waals surface area contributed by atoms with Crippen molar-refractivity contribution in [2.45, 2.75) is 30.7 Å². The average Bonchev–Trinajstić information content (AvgIpc) is 2.90. The molecule has 0 amide bonds. The van der Waals surface area contributed by atoms with Crippen LogP contribution >= 0.6 is 15.9 Å². The topological polar surface area (TPSA) is 58.6 Å². The van der Waals surface area contributed by atoms with Crippen LogP contribution in [0.2, 0.25) is 0 Å². The van der Waals surface area contributed by atoms with Crippen LogP contribution in [0.1, 0.15) is 19.8 Å². The Labute approximate surface area is 134 Å². The molecule has 0 spiro atoms. The van der Waals surface area contributed by atoms with Gasteiger partial charge in [0.1, 0.15) is 5.75 Å². The second-order valence-electron chi connectivity index (χ2n) is 4.99. The number of hydrogen-bond acceptors (Lipinski definition) is 4. The molecule has 0 saturated carbocycles. The summed E-state index contributed by atoms with van der Waals surface area (Å²) in [5.74, 6) is 0.657. The quantitative estimate of drug-likeness (QED) is 0.826. The van der Waals surface area contributed by atoms with E-state index in [0.29, 0.717) is 34.8 Å². The second-order valence-corrected chi connectivity index (χ2v) is 7.74. The first-order valence-corrected chi connectivity index (χ1v) is 9.32. The molecule has 7 heteroatoms. The zero-order chi connectivity index (χ0) is 15.5. The monoisotopic (exact) mass is 376 g/mol. The van der Waals surface area contributed by atoms with Gasteiger partial charge in [-0.3, -0.25) is 0 Å². The lowest BCUT2D eigenvalue weighted by molar-refractivity contribution is 0.337. The van der Waals surface area contributed by atoms with Gasteiger partial charge >= 0.3 is 0 Å². The van der Waals surface area contributed by atoms with E-state index < -0.39 is 10.0 Å². The van der Waals surface area contributed by atoms with Gasteiger partial charge in [0.25, 0.3) is 0 Å². The largest absolute Gasteiger partial charge is 0.493 e. The second kappa shape index (κ2) is 7.09. The summed E-state index contributed by atoms with van der Waals surface area (Å²) in [7, 11) is -1.61. The fraction of sp³-hybridized carbons (Fsp3) is 0.571. The molecule has 1 unspecified atom stereocenters. The highest BCUT2D eigenvalue weighted by molar-refractivity contribution is 9.10. The van der Waals surface area contributed by atoms with E-state index in [1.54, 1.807) is 22.5 Å². The molecule has 0 bridgehead atoms. The van der Waals surface area contributed by atoms with Crippen molar-refractivity contribution >= 4 is 26.0 Å². The number of nitrogens with one attached hydrogen (secondary N) is 1. The van der Waals surface area contributed by atoms with Gasteiger partial charge in [-0.15, -0.1) is 0 Å². The van der Waals surface area contributed by atoms with Gasteiger partial charge in [-0.2, -0.15) is 4.31 Å². The van der Waals surface area contributed by atoms with Gasteiger partial charge in [-0.1, -0.05) is 0 Å². The molecule has 1 aromatic rings. The Morgan fingerprint density at radius 2 is 2.24 bits per heavy atom. The molecule has 1 heterocycles. The molecule has 0 aromatic heterocycles. The first kappa shape index (κ1) is 16.7. The molecule has 5 nitrogen and oxygen atoms in total. The van der Waals surface area contributed by atoms with E-state index in [0.717, 1.165) is 12.8 Å². The third-order valence-corrected chi connectivity index (χ3v) is 6.14. The minimum absolute atomic E-state index is 0.0327. The SMILES string of the molecule is CCOc1ccc(S(=O)(=O)N2CCCC2CNC)cc1Br. The minimum atomic E-state index is -3.46. The summed E-state index contributed by atoms with van der Waals surface area (Å²) in [6.07, 6.45) is 1.81. The van der Waals surface area contributed by atoms with Crippen molar-refractivity contribution < 1.29 is 13.2 Å². The van der Waals surface area contributed by atoms with Crippen molar-refractivity contribution in [2.75, 3.05) is 26.7 Å². The number of rotatable bonds is 6. The van der Waals surface area contributed by atoms with Crippen molar-refractivity contribution in [1.82, 2.24) is 9.62 Å². The van der Waals surface area contributed by atoms with Gasteiger partial charge in [0.2, 0.25) is 10.0 Å². The van der Waals surface area contributed by atoms with Crippen LogP contribution in [0.15, 0.2) is 27.6 Å². The lowest BCUT2D eigenvalue weighted by Crippen LogP contribution is -2.40. The molecule has 21 heavy (non-hydrogen) atoms. The molecule has 1 N–H and O–H groups in total. The molecule has 2 rings (SSSR count). The van der Waals surface area contributed by atoms with E-state index in [4.69, 9.17) is 4.74 Å². The number of likely N-dealkylation sites (N-methyl/N-ethyl adjacent to an activating group) is 1. The van der Waals surface area contributed by atoms with E-state index in [2.05, 4.69) is 21.2 Å². The van der Waals surface area contributed by atoms with E-state index >= 15 is 0 Å². The standard InChI is InChI=1S/C14H21BrN2O3S/c1-3-20-14-7-6-12(9-13(14)15)21(18,19)17-8-4-5-11(17)10-16-2/h6-7,9,11,16H,3-5,8,10H2,1-2H3. The zero-order valence-electron chi connectivity index (χ0n) is 12.3. The summed E-state index contributed by atoms with van der Waals surface area (Å²) in [6, 6.07) is 4.96. The highest BCUT2D eigenvalue weighted by Gasteiger charge is 2.35. The Balaban J connectivity index is 2.29. The third-order valence-electron chi connectivity index (χ3n) is 3.57. The van der Waals surface area contributed by atoms with Crippen LogP contribution in [0.4, 0.5) is 0 Å². The summed E-state index contributed by atoms with van der Waals surface area (Å²) in [6.45, 7) is 3.70. The summed E-state index contributed by atoms with van der Waals surface area (Å²) in [4.78, 5) is 0.306. The molecular weight excluding hydrogens is 356 g/mol. The van der Waals surface area contributed by atoms with Crippen LogP contribution in [0.3, 0.4) is 0 Å². The molecule has 1 saturated heterocycles. The van der Waals surface area contributed by atoms with Gasteiger partial charge in [0, 0.05) is 19.1 Å². The van der Waals surface area contributed by atoms with Crippen LogP contribution in [0.5, 0.6) is 5.75 Å². The van der Waals surface area contributed by atoms with Gasteiger partial charge in [0.15, 0.2) is 0 Å². The zero-order valence-corrected chi connectivity index (χ0v) is 14.7. The molecule has 0 radical (unpaired) electrons. The first-order chi connectivity index (χ1) is 10.0. The summed E-state index contributed by atoms with van der Waals surface area (Å²) in [5.41, 5.74) is 0. The Hall–Kier alpha value is -0.630. The predicted molar refractivity (Wildman–Crippen MR) is 86.2 cm³/mol. The Morgan fingerprint density at radius 3 is 2.86 bits per heavy atom. The number of sulfonamides is 1. The van der Waals surface area contributed by atoms with Crippen LogP contribution in [-0.2, 0) is 10.0 Å². The molecule has 1 fully saturated rings. The van der Waals surface area contributed by atoms with Crippen LogP contribution in [0, 0.1) is 0 Å². The van der Waals surface area contributed by atoms with E-state index in [9.17, 15) is 8.42 Å². The van der Waals surface area contributed by atoms with E-state index in [-0.39, 0.29) is 6.04 Å². The van der Waals surface area contributed by atoms with E-state index in [1.165, 1.54) is 0 Å². The number of benzene rings is 1. The number of nitrogens with zero attached hydrogens (tertiary/aromatic N) is 1. The highest BCUT2D eigenvalue weighted by atomic mass is 79.9. The van der Waals surface area contributed by atoms with Crippen molar-refractivity contribution in [3.05, 3.63) is 22.7 Å². The predicted octanol–water partition coefficient (Wildman–Crippen LogP) is 2.22. The van der Waals surface area contributed by atoms with E-state index in [1.807, 2.05) is 14.0 Å². The van der Waals surface area contributed by atoms with Crippen molar-refractivity contribution in [3.63, 3.8) is 0 Å². The highest BCUT2D eigenvalue weighted by Crippen LogP contribution is 2.31. The van der Waals surface area contributed by atoms with Gasteiger partial charge in [0.05, 0.1) is 16.0 Å². The normalized spacial score (nSPS) is 19.9. The lowest BCUT2D eigenvalue weighted by Gasteiger charge is -2.24. The smallest absolute Gasteiger partial charge is 0.243 e. The molecular formula is C14H21BrN2O3S. The van der Waals surface area contributed by atoms with Crippen LogP contribution in [0.25, 0.3) is 0 Å². The Kier molecular flexibility index (Phi) is 5.65. The van der Waals surface area contributed by atoms with Gasteiger partial charge < -0.3 is 10.1 Å². The summed E-state index contributed by atoms with van der Waals surface area (Å²) >= 11 is 3.37. The molecule has 1 atom stereocenters. The van der Waals surface area contributed by atoms with Crippen LogP contribution < -0.4 is 10.1 Å². The number of ether oxygens (including phenoxy) is 1. The maximum atomic E-state index is 12.8. The maximum absolute atomic E-state index is 12.8. The van der Waals surface area contributed by atoms with Crippen molar-refractivity contribution in [3.8, 4) is 5.75 Å². The third kappa shape index (κ3) is 3.59. The first-order valence-electron chi connectivity index (χ1n) is 7.09. The summed E-state index contributed by atoms with van der Waals surface area (Å²) in [5, 5.41) is 3.07. The molecule has 1 aromatic carbocycles. The molecule has 1 aliphatic rings. The summed E-state index contributed by atoms with van der Waals surface area (Å²) < 4.78 is 33.2. The maximum Gasteiger partial charge on any atom is 0.243 e. The fourth-order valence-corrected chi connectivity index (χ4v) is 4.98. The molecule has 0 aliphatic carbocycles.